The molecule has 0 saturated carbocycles. The van der Waals surface area contributed by atoms with Gasteiger partial charge in [0.15, 0.2) is 11.0 Å². The quantitative estimate of drug-likeness (QED) is 0.824. The lowest BCUT2D eigenvalue weighted by Gasteiger charge is -2.06. The Morgan fingerprint density at radius 3 is 2.60 bits per heavy atom. The number of halogens is 1. The molecule has 0 fully saturated rings. The number of ether oxygens (including phenoxy) is 1. The predicted octanol–water partition coefficient (Wildman–Crippen LogP) is 2.12. The molecule has 7 heteroatoms. The van der Waals surface area contributed by atoms with E-state index in [9.17, 15) is 4.79 Å². The highest BCUT2D eigenvalue weighted by atomic mass is 35.5. The van der Waals surface area contributed by atoms with Gasteiger partial charge < -0.3 is 15.8 Å². The van der Waals surface area contributed by atoms with E-state index >= 15 is 0 Å². The van der Waals surface area contributed by atoms with Crippen LogP contribution in [-0.2, 0) is 4.79 Å². The first-order valence-electron chi connectivity index (χ1n) is 5.91. The van der Waals surface area contributed by atoms with Crippen molar-refractivity contribution in [3.8, 4) is 5.75 Å². The van der Waals surface area contributed by atoms with Gasteiger partial charge in [-0.25, -0.2) is 0 Å². The number of anilines is 2. The number of nitrogen functional groups attached to an aromatic ring is 1. The van der Waals surface area contributed by atoms with Gasteiger partial charge in [-0.2, -0.15) is 0 Å². The Kier molecular flexibility index (Phi) is 4.73. The lowest BCUT2D eigenvalue weighted by Crippen LogP contribution is -2.16. The fourth-order valence-electron chi connectivity index (χ4n) is 1.41. The van der Waals surface area contributed by atoms with Gasteiger partial charge in [0.05, 0.1) is 13.0 Å². The molecule has 0 atom stereocenters. The number of nitrogens with two attached hydrogens (primary N) is 1. The Morgan fingerprint density at radius 1 is 1.20 bits per heavy atom. The summed E-state index contributed by atoms with van der Waals surface area (Å²) in [5.74, 6) is 0.808. The fraction of sp³-hybridized carbons (Fsp3) is 0.154. The van der Waals surface area contributed by atoms with Crippen LogP contribution in [0.5, 0.6) is 5.75 Å². The van der Waals surface area contributed by atoms with Crippen LogP contribution in [0.4, 0.5) is 11.5 Å². The molecule has 0 aliphatic rings. The van der Waals surface area contributed by atoms with Gasteiger partial charge in [0.2, 0.25) is 5.91 Å². The SMILES string of the molecule is Nc1ccc(OCCC(=O)Nc2ccc(Cl)nn2)cc1. The summed E-state index contributed by atoms with van der Waals surface area (Å²) < 4.78 is 5.41. The second-order valence-electron chi connectivity index (χ2n) is 3.96. The van der Waals surface area contributed by atoms with E-state index in [1.54, 1.807) is 36.4 Å². The van der Waals surface area contributed by atoms with Gasteiger partial charge in [-0.1, -0.05) is 11.6 Å². The molecule has 0 spiro atoms. The lowest BCUT2D eigenvalue weighted by atomic mass is 10.3. The highest BCUT2D eigenvalue weighted by Crippen LogP contribution is 2.13. The molecule has 0 radical (unpaired) electrons. The molecule has 6 nitrogen and oxygen atoms in total. The standard InChI is InChI=1S/C13H13ClN4O2/c14-11-5-6-12(18-17-11)16-13(19)7-8-20-10-3-1-9(15)2-4-10/h1-6H,7-8,15H2,(H,16,18,19). The Morgan fingerprint density at radius 2 is 1.95 bits per heavy atom. The molecule has 0 aliphatic heterocycles. The summed E-state index contributed by atoms with van der Waals surface area (Å²) in [6, 6.07) is 10.1. The van der Waals surface area contributed by atoms with Crippen LogP contribution in [0.1, 0.15) is 6.42 Å². The van der Waals surface area contributed by atoms with Gasteiger partial charge >= 0.3 is 0 Å². The minimum Gasteiger partial charge on any atom is -0.493 e. The molecule has 0 aliphatic carbocycles. The van der Waals surface area contributed by atoms with E-state index in [0.717, 1.165) is 0 Å². The van der Waals surface area contributed by atoms with Crippen molar-refractivity contribution in [2.24, 2.45) is 0 Å². The van der Waals surface area contributed by atoms with Gasteiger partial charge in [-0.15, -0.1) is 10.2 Å². The van der Waals surface area contributed by atoms with E-state index in [1.807, 2.05) is 0 Å². The number of carbonyl (C=O) groups excluding carboxylic acids is 1. The molecule has 2 aromatic rings. The molecule has 2 rings (SSSR count). The normalized spacial score (nSPS) is 10.1. The second-order valence-corrected chi connectivity index (χ2v) is 4.34. The van der Waals surface area contributed by atoms with Crippen molar-refractivity contribution in [1.82, 2.24) is 10.2 Å². The second kappa shape index (κ2) is 6.72. The number of hydrogen-bond donors (Lipinski definition) is 2. The smallest absolute Gasteiger partial charge is 0.229 e. The zero-order valence-corrected chi connectivity index (χ0v) is 11.3. The first-order valence-corrected chi connectivity index (χ1v) is 6.29. The highest BCUT2D eigenvalue weighted by Gasteiger charge is 2.04. The van der Waals surface area contributed by atoms with Crippen LogP contribution in [0.2, 0.25) is 5.15 Å². The maximum atomic E-state index is 11.6. The molecule has 3 N–H and O–H groups in total. The largest absolute Gasteiger partial charge is 0.493 e. The number of rotatable bonds is 5. The van der Waals surface area contributed by atoms with Gasteiger partial charge in [-0.3, -0.25) is 4.79 Å². The van der Waals surface area contributed by atoms with Crippen LogP contribution < -0.4 is 15.8 Å². The number of benzene rings is 1. The summed E-state index contributed by atoms with van der Waals surface area (Å²) in [5, 5.41) is 10.2. The molecule has 1 aromatic carbocycles. The number of nitrogens with zero attached hydrogens (tertiary/aromatic N) is 2. The van der Waals surface area contributed by atoms with Crippen molar-refractivity contribution < 1.29 is 9.53 Å². The van der Waals surface area contributed by atoms with Crippen LogP contribution in [0.15, 0.2) is 36.4 Å². The zero-order chi connectivity index (χ0) is 14.4. The van der Waals surface area contributed by atoms with E-state index in [0.29, 0.717) is 17.3 Å². The molecule has 1 heterocycles. The van der Waals surface area contributed by atoms with Crippen LogP contribution in [0, 0.1) is 0 Å². The van der Waals surface area contributed by atoms with E-state index in [2.05, 4.69) is 15.5 Å². The van der Waals surface area contributed by atoms with E-state index < -0.39 is 0 Å². The van der Waals surface area contributed by atoms with Gasteiger partial charge in [0, 0.05) is 5.69 Å². The molecule has 1 aromatic heterocycles. The van der Waals surface area contributed by atoms with E-state index in [1.165, 1.54) is 0 Å². The van der Waals surface area contributed by atoms with E-state index in [-0.39, 0.29) is 24.1 Å². The fourth-order valence-corrected chi connectivity index (χ4v) is 1.51. The molecule has 20 heavy (non-hydrogen) atoms. The Labute approximate surface area is 120 Å². The van der Waals surface area contributed by atoms with Gasteiger partial charge in [0.1, 0.15) is 5.75 Å². The number of hydrogen-bond acceptors (Lipinski definition) is 5. The van der Waals surface area contributed by atoms with Gasteiger partial charge in [0.25, 0.3) is 0 Å². The van der Waals surface area contributed by atoms with Crippen molar-refractivity contribution >= 4 is 29.0 Å². The van der Waals surface area contributed by atoms with E-state index in [4.69, 9.17) is 22.1 Å². The highest BCUT2D eigenvalue weighted by molar-refractivity contribution is 6.29. The Hall–Kier alpha value is -2.34. The maximum Gasteiger partial charge on any atom is 0.229 e. The number of amides is 1. The number of carbonyl (C=O) groups is 1. The molecule has 1 amide bonds. The minimum absolute atomic E-state index is 0.203. The number of nitrogens with one attached hydrogen (secondary N) is 1. The molecular weight excluding hydrogens is 280 g/mol. The Balaban J connectivity index is 1.75. The maximum absolute atomic E-state index is 11.6. The first-order chi connectivity index (χ1) is 9.63. The predicted molar refractivity (Wildman–Crippen MR) is 76.6 cm³/mol. The van der Waals surface area contributed by atoms with Crippen LogP contribution in [0.3, 0.4) is 0 Å². The number of aromatic nitrogens is 2. The molecule has 0 saturated heterocycles. The molecule has 104 valence electrons. The average Bonchev–Trinajstić information content (AvgIpc) is 2.44. The third-order valence-corrected chi connectivity index (χ3v) is 2.58. The first kappa shape index (κ1) is 14.1. The summed E-state index contributed by atoms with van der Waals surface area (Å²) in [4.78, 5) is 11.6. The van der Waals surface area contributed by atoms with Crippen molar-refractivity contribution in [1.29, 1.82) is 0 Å². The van der Waals surface area contributed by atoms with Crippen LogP contribution >= 0.6 is 11.6 Å². The van der Waals surface area contributed by atoms with Gasteiger partial charge in [-0.05, 0) is 36.4 Å². The average molecular weight is 293 g/mol. The summed E-state index contributed by atoms with van der Waals surface area (Å²) in [5.41, 5.74) is 6.22. The third-order valence-electron chi connectivity index (χ3n) is 2.38. The topological polar surface area (TPSA) is 90.1 Å². The monoisotopic (exact) mass is 292 g/mol. The van der Waals surface area contributed by atoms with Crippen molar-refractivity contribution in [3.63, 3.8) is 0 Å². The Bertz CT molecular complexity index is 572. The molecule has 0 unspecified atom stereocenters. The van der Waals surface area contributed by atoms with Crippen molar-refractivity contribution in [3.05, 3.63) is 41.6 Å². The summed E-state index contributed by atoms with van der Waals surface area (Å²) in [6.45, 7) is 0.261. The summed E-state index contributed by atoms with van der Waals surface area (Å²) in [6.07, 6.45) is 0.203. The van der Waals surface area contributed by atoms with Crippen molar-refractivity contribution in [2.75, 3.05) is 17.7 Å². The minimum atomic E-state index is -0.211. The third kappa shape index (κ3) is 4.40. The zero-order valence-electron chi connectivity index (χ0n) is 10.5. The molecule has 0 bridgehead atoms. The summed E-state index contributed by atoms with van der Waals surface area (Å²) in [7, 11) is 0. The molecular formula is C13H13ClN4O2. The van der Waals surface area contributed by atoms with Crippen LogP contribution in [-0.4, -0.2) is 22.7 Å². The van der Waals surface area contributed by atoms with Crippen LogP contribution in [0.25, 0.3) is 0 Å². The summed E-state index contributed by atoms with van der Waals surface area (Å²) >= 11 is 5.60. The lowest BCUT2D eigenvalue weighted by molar-refractivity contribution is -0.116. The van der Waals surface area contributed by atoms with Crippen molar-refractivity contribution in [2.45, 2.75) is 6.42 Å².